The molecule has 20 heavy (non-hydrogen) atoms. The number of ether oxygens (including phenoxy) is 1. The van der Waals surface area contributed by atoms with Gasteiger partial charge in [0, 0.05) is 18.2 Å². The summed E-state index contributed by atoms with van der Waals surface area (Å²) < 4.78 is 19.4. The van der Waals surface area contributed by atoms with Gasteiger partial charge in [-0.2, -0.15) is 0 Å². The first-order valence-corrected chi connectivity index (χ1v) is 7.17. The van der Waals surface area contributed by atoms with Crippen LogP contribution in [0, 0.1) is 11.7 Å². The number of benzene rings is 1. The first kappa shape index (κ1) is 16.9. The van der Waals surface area contributed by atoms with Gasteiger partial charge in [-0.05, 0) is 45.1 Å². The van der Waals surface area contributed by atoms with Gasteiger partial charge < -0.3 is 15.0 Å². The molecule has 0 fully saturated rings. The lowest BCUT2D eigenvalue weighted by molar-refractivity contribution is 0.276. The zero-order chi connectivity index (χ0) is 15.1. The average molecular weight is 282 g/mol. The average Bonchev–Trinajstić information content (AvgIpc) is 2.39. The molecule has 0 aliphatic heterocycles. The monoisotopic (exact) mass is 282 g/mol. The van der Waals surface area contributed by atoms with E-state index in [1.54, 1.807) is 19.2 Å². The molecular weight excluding hydrogens is 255 g/mol. The highest BCUT2D eigenvalue weighted by molar-refractivity contribution is 5.37. The van der Waals surface area contributed by atoms with Gasteiger partial charge >= 0.3 is 0 Å². The highest BCUT2D eigenvalue weighted by Gasteiger charge is 2.19. The van der Waals surface area contributed by atoms with Gasteiger partial charge in [0.15, 0.2) is 0 Å². The summed E-state index contributed by atoms with van der Waals surface area (Å²) in [6, 6.07) is 4.93. The van der Waals surface area contributed by atoms with Crippen molar-refractivity contribution >= 4 is 0 Å². The van der Waals surface area contributed by atoms with E-state index in [4.69, 9.17) is 4.74 Å². The summed E-state index contributed by atoms with van der Waals surface area (Å²) in [7, 11) is 5.54. The van der Waals surface area contributed by atoms with Crippen molar-refractivity contribution in [3.05, 3.63) is 29.6 Å². The van der Waals surface area contributed by atoms with Gasteiger partial charge in [-0.3, -0.25) is 0 Å². The van der Waals surface area contributed by atoms with Crippen molar-refractivity contribution in [2.45, 2.75) is 26.3 Å². The second-order valence-electron chi connectivity index (χ2n) is 5.64. The molecule has 1 aromatic carbocycles. The molecule has 0 saturated heterocycles. The second kappa shape index (κ2) is 8.22. The van der Waals surface area contributed by atoms with Gasteiger partial charge in [-0.25, -0.2) is 4.39 Å². The van der Waals surface area contributed by atoms with E-state index in [2.05, 4.69) is 31.1 Å². The molecule has 0 aliphatic carbocycles. The third kappa shape index (κ3) is 4.76. The van der Waals surface area contributed by atoms with Crippen LogP contribution >= 0.6 is 0 Å². The normalized spacial score (nSPS) is 13.0. The van der Waals surface area contributed by atoms with Crippen LogP contribution in [-0.4, -0.2) is 39.2 Å². The van der Waals surface area contributed by atoms with Crippen LogP contribution in [0.15, 0.2) is 18.2 Å². The van der Waals surface area contributed by atoms with Crippen LogP contribution in [0.3, 0.4) is 0 Å². The SMILES string of the molecule is CNC(CCN(C)CC(C)C)c1c(F)cccc1OC. The first-order chi connectivity index (χ1) is 9.49. The van der Waals surface area contributed by atoms with Crippen molar-refractivity contribution in [2.75, 3.05) is 34.3 Å². The Hall–Kier alpha value is -1.13. The fraction of sp³-hybridized carbons (Fsp3) is 0.625. The van der Waals surface area contributed by atoms with Gasteiger partial charge in [0.05, 0.1) is 7.11 Å². The molecule has 0 aliphatic rings. The fourth-order valence-corrected chi connectivity index (χ4v) is 2.53. The maximum atomic E-state index is 14.1. The molecule has 0 saturated carbocycles. The summed E-state index contributed by atoms with van der Waals surface area (Å²) in [5, 5.41) is 3.20. The molecule has 0 radical (unpaired) electrons. The standard InChI is InChI=1S/C16H27FN2O/c1-12(2)11-19(4)10-9-14(18-3)16-13(17)7-6-8-15(16)20-5/h6-8,12,14,18H,9-11H2,1-5H3. The smallest absolute Gasteiger partial charge is 0.131 e. The van der Waals surface area contributed by atoms with E-state index in [1.165, 1.54) is 6.07 Å². The van der Waals surface area contributed by atoms with Gasteiger partial charge in [-0.1, -0.05) is 19.9 Å². The first-order valence-electron chi connectivity index (χ1n) is 7.17. The lowest BCUT2D eigenvalue weighted by Gasteiger charge is -2.24. The van der Waals surface area contributed by atoms with E-state index < -0.39 is 0 Å². The van der Waals surface area contributed by atoms with E-state index in [1.807, 2.05) is 7.05 Å². The number of methoxy groups -OCH3 is 1. The van der Waals surface area contributed by atoms with E-state index in [0.717, 1.165) is 19.5 Å². The summed E-state index contributed by atoms with van der Waals surface area (Å²) in [4.78, 5) is 2.28. The fourth-order valence-electron chi connectivity index (χ4n) is 2.53. The number of halogens is 1. The molecule has 1 N–H and O–H groups in total. The molecule has 3 nitrogen and oxygen atoms in total. The van der Waals surface area contributed by atoms with Crippen molar-refractivity contribution in [3.8, 4) is 5.75 Å². The number of rotatable bonds is 8. The van der Waals surface area contributed by atoms with E-state index in [0.29, 0.717) is 17.2 Å². The van der Waals surface area contributed by atoms with Crippen LogP contribution in [0.25, 0.3) is 0 Å². The molecule has 0 heterocycles. The summed E-state index contributed by atoms with van der Waals surface area (Å²) in [5.41, 5.74) is 0.621. The highest BCUT2D eigenvalue weighted by Crippen LogP contribution is 2.29. The molecule has 1 rings (SSSR count). The summed E-state index contributed by atoms with van der Waals surface area (Å²) >= 11 is 0. The molecule has 1 aromatic rings. The number of hydrogen-bond donors (Lipinski definition) is 1. The molecule has 0 bridgehead atoms. The number of nitrogens with zero attached hydrogens (tertiary/aromatic N) is 1. The zero-order valence-corrected chi connectivity index (χ0v) is 13.2. The maximum Gasteiger partial charge on any atom is 0.131 e. The third-order valence-electron chi connectivity index (χ3n) is 3.41. The lowest BCUT2D eigenvalue weighted by atomic mass is 10.0. The summed E-state index contributed by atoms with van der Waals surface area (Å²) in [6.07, 6.45) is 0.844. The predicted octanol–water partition coefficient (Wildman–Crippen LogP) is 3.07. The maximum absolute atomic E-state index is 14.1. The Morgan fingerprint density at radius 2 is 2.05 bits per heavy atom. The highest BCUT2D eigenvalue weighted by atomic mass is 19.1. The van der Waals surface area contributed by atoms with Crippen LogP contribution in [0.4, 0.5) is 4.39 Å². The van der Waals surface area contributed by atoms with Gasteiger partial charge in [-0.15, -0.1) is 0 Å². The van der Waals surface area contributed by atoms with Crippen molar-refractivity contribution in [2.24, 2.45) is 5.92 Å². The van der Waals surface area contributed by atoms with Crippen molar-refractivity contribution in [1.82, 2.24) is 10.2 Å². The molecular formula is C16H27FN2O. The van der Waals surface area contributed by atoms with Gasteiger partial charge in [0.2, 0.25) is 0 Å². The van der Waals surface area contributed by atoms with E-state index >= 15 is 0 Å². The minimum Gasteiger partial charge on any atom is -0.496 e. The Kier molecular flexibility index (Phi) is 6.96. The molecule has 0 aromatic heterocycles. The van der Waals surface area contributed by atoms with Gasteiger partial charge in [0.1, 0.15) is 11.6 Å². The Balaban J connectivity index is 2.76. The van der Waals surface area contributed by atoms with Crippen LogP contribution in [0.2, 0.25) is 0 Å². The van der Waals surface area contributed by atoms with Crippen molar-refractivity contribution in [3.63, 3.8) is 0 Å². The second-order valence-corrected chi connectivity index (χ2v) is 5.64. The van der Waals surface area contributed by atoms with Crippen LogP contribution < -0.4 is 10.1 Å². The molecule has 0 spiro atoms. The number of nitrogens with one attached hydrogen (secondary N) is 1. The Morgan fingerprint density at radius 3 is 2.60 bits per heavy atom. The Bertz CT molecular complexity index is 409. The molecule has 1 unspecified atom stereocenters. The molecule has 1 atom stereocenters. The largest absolute Gasteiger partial charge is 0.496 e. The molecule has 4 heteroatoms. The zero-order valence-electron chi connectivity index (χ0n) is 13.2. The quantitative estimate of drug-likeness (QED) is 0.793. The predicted molar refractivity (Wildman–Crippen MR) is 81.7 cm³/mol. The minimum absolute atomic E-state index is 0.0410. The third-order valence-corrected chi connectivity index (χ3v) is 3.41. The lowest BCUT2D eigenvalue weighted by Crippen LogP contribution is -2.28. The minimum atomic E-state index is -0.213. The van der Waals surface area contributed by atoms with E-state index in [-0.39, 0.29) is 11.9 Å². The summed E-state index contributed by atoms with van der Waals surface area (Å²) in [6.45, 7) is 6.36. The van der Waals surface area contributed by atoms with Crippen molar-refractivity contribution < 1.29 is 9.13 Å². The van der Waals surface area contributed by atoms with Crippen LogP contribution in [0.5, 0.6) is 5.75 Å². The van der Waals surface area contributed by atoms with Crippen LogP contribution in [-0.2, 0) is 0 Å². The van der Waals surface area contributed by atoms with Crippen LogP contribution in [0.1, 0.15) is 31.9 Å². The number of hydrogen-bond acceptors (Lipinski definition) is 3. The summed E-state index contributed by atoms with van der Waals surface area (Å²) in [5.74, 6) is 1.03. The van der Waals surface area contributed by atoms with E-state index in [9.17, 15) is 4.39 Å². The molecule has 114 valence electrons. The topological polar surface area (TPSA) is 24.5 Å². The Morgan fingerprint density at radius 1 is 1.35 bits per heavy atom. The van der Waals surface area contributed by atoms with Crippen molar-refractivity contribution in [1.29, 1.82) is 0 Å². The van der Waals surface area contributed by atoms with Gasteiger partial charge in [0.25, 0.3) is 0 Å². The molecule has 0 amide bonds. The Labute approximate surface area is 122 Å².